The van der Waals surface area contributed by atoms with Gasteiger partial charge in [-0.15, -0.1) is 0 Å². The van der Waals surface area contributed by atoms with Gasteiger partial charge in [0.25, 0.3) is 0 Å². The molecule has 4 nitrogen and oxygen atoms in total. The summed E-state index contributed by atoms with van der Waals surface area (Å²) in [7, 11) is 1.80. The van der Waals surface area contributed by atoms with Crippen molar-refractivity contribution < 1.29 is 9.90 Å². The molecule has 1 amide bonds. The van der Waals surface area contributed by atoms with E-state index in [4.69, 9.17) is 11.6 Å². The van der Waals surface area contributed by atoms with Gasteiger partial charge in [-0.2, -0.15) is 0 Å². The average Bonchev–Trinajstić information content (AvgIpc) is 2.32. The molecule has 0 spiro atoms. The number of piperazine rings is 1. The van der Waals surface area contributed by atoms with E-state index >= 15 is 0 Å². The van der Waals surface area contributed by atoms with E-state index in [0.717, 1.165) is 17.8 Å². The molecule has 0 aliphatic carbocycles. The van der Waals surface area contributed by atoms with Crippen LogP contribution in [-0.4, -0.2) is 42.6 Å². The molecular weight excluding hydrogens is 252 g/mol. The van der Waals surface area contributed by atoms with Crippen LogP contribution in [-0.2, 0) is 4.79 Å². The molecule has 0 saturated carbocycles. The molecule has 1 aromatic carbocycles. The summed E-state index contributed by atoms with van der Waals surface area (Å²) in [6, 6.07) is 5.46. The second-order valence-corrected chi connectivity index (χ2v) is 5.03. The van der Waals surface area contributed by atoms with Crippen LogP contribution < -0.4 is 4.90 Å². The number of nitrogens with zero attached hydrogens (tertiary/aromatic N) is 2. The second kappa shape index (κ2) is 5.16. The van der Waals surface area contributed by atoms with Crippen LogP contribution in [0.25, 0.3) is 0 Å². The number of hydrogen-bond donors (Lipinski definition) is 1. The fourth-order valence-corrected chi connectivity index (χ4v) is 2.31. The molecule has 0 unspecified atom stereocenters. The Hall–Kier alpha value is -1.26. The normalized spacial score (nSPS) is 18.1. The summed E-state index contributed by atoms with van der Waals surface area (Å²) in [5.41, 5.74) is 1.63. The molecule has 0 bridgehead atoms. The van der Waals surface area contributed by atoms with E-state index in [0.29, 0.717) is 18.1 Å². The van der Waals surface area contributed by atoms with Crippen LogP contribution in [0.4, 0.5) is 5.69 Å². The Morgan fingerprint density at radius 1 is 1.39 bits per heavy atom. The number of carbonyl (C=O) groups is 1. The number of likely N-dealkylation sites (N-methyl/N-ethyl adjacent to an activating group) is 1. The van der Waals surface area contributed by atoms with Gasteiger partial charge in [-0.25, -0.2) is 0 Å². The van der Waals surface area contributed by atoms with Gasteiger partial charge in [0, 0.05) is 20.1 Å². The molecular formula is C13H17ClN2O2. The van der Waals surface area contributed by atoms with Crippen LogP contribution >= 0.6 is 11.6 Å². The first kappa shape index (κ1) is 13.2. The first-order chi connectivity index (χ1) is 8.49. The number of halogens is 1. The van der Waals surface area contributed by atoms with Crippen LogP contribution in [0.1, 0.15) is 18.6 Å². The predicted octanol–water partition coefficient (Wildman–Crippen LogP) is 1.67. The third-order valence-electron chi connectivity index (χ3n) is 3.25. The lowest BCUT2D eigenvalue weighted by atomic mass is 10.1. The molecule has 5 heteroatoms. The number of carbonyl (C=O) groups excluding carboxylic acids is 1. The van der Waals surface area contributed by atoms with Crippen molar-refractivity contribution >= 4 is 23.2 Å². The molecule has 1 atom stereocenters. The number of rotatable bonds is 2. The summed E-state index contributed by atoms with van der Waals surface area (Å²) in [5, 5.41) is 10.1. The van der Waals surface area contributed by atoms with Gasteiger partial charge in [-0.1, -0.05) is 17.7 Å². The van der Waals surface area contributed by atoms with E-state index in [9.17, 15) is 9.90 Å². The molecule has 1 heterocycles. The Balaban J connectivity index is 2.21. The van der Waals surface area contributed by atoms with Crippen LogP contribution in [0.5, 0.6) is 0 Å². The fourth-order valence-electron chi connectivity index (χ4n) is 2.00. The van der Waals surface area contributed by atoms with Gasteiger partial charge in [0.2, 0.25) is 5.91 Å². The van der Waals surface area contributed by atoms with Crippen LogP contribution in [0.15, 0.2) is 18.2 Å². The Bertz CT molecular complexity index is 462. The lowest BCUT2D eigenvalue weighted by Gasteiger charge is -2.34. The number of benzene rings is 1. The smallest absolute Gasteiger partial charge is 0.241 e. The van der Waals surface area contributed by atoms with Gasteiger partial charge >= 0.3 is 0 Å². The highest BCUT2D eigenvalue weighted by Crippen LogP contribution is 2.29. The van der Waals surface area contributed by atoms with Crippen molar-refractivity contribution in [3.05, 3.63) is 28.8 Å². The van der Waals surface area contributed by atoms with Gasteiger partial charge in [0.1, 0.15) is 0 Å². The molecule has 1 saturated heterocycles. The van der Waals surface area contributed by atoms with Gasteiger partial charge in [0.05, 0.1) is 23.4 Å². The molecule has 0 aromatic heterocycles. The summed E-state index contributed by atoms with van der Waals surface area (Å²) >= 11 is 6.21. The van der Waals surface area contributed by atoms with E-state index in [1.54, 1.807) is 24.9 Å². The SMILES string of the molecule is C[C@H](O)c1ccc(N2CCN(C)C(=O)C2)c(Cl)c1. The number of anilines is 1. The minimum atomic E-state index is -0.536. The first-order valence-corrected chi connectivity index (χ1v) is 6.33. The molecule has 1 fully saturated rings. The van der Waals surface area contributed by atoms with Crippen molar-refractivity contribution in [3.63, 3.8) is 0 Å². The van der Waals surface area contributed by atoms with Crippen molar-refractivity contribution in [2.75, 3.05) is 31.6 Å². The van der Waals surface area contributed by atoms with Crippen LogP contribution in [0, 0.1) is 0 Å². The quantitative estimate of drug-likeness (QED) is 0.887. The summed E-state index contributed by atoms with van der Waals surface area (Å²) in [4.78, 5) is 15.4. The largest absolute Gasteiger partial charge is 0.389 e. The Morgan fingerprint density at radius 3 is 2.67 bits per heavy atom. The summed E-state index contributed by atoms with van der Waals surface area (Å²) in [5.74, 6) is 0.0944. The molecule has 98 valence electrons. The van der Waals surface area contributed by atoms with Crippen molar-refractivity contribution in [3.8, 4) is 0 Å². The molecule has 1 aromatic rings. The van der Waals surface area contributed by atoms with E-state index in [1.165, 1.54) is 0 Å². The molecule has 18 heavy (non-hydrogen) atoms. The zero-order chi connectivity index (χ0) is 13.3. The molecule has 1 aliphatic rings. The summed E-state index contributed by atoms with van der Waals surface area (Å²) in [6.45, 7) is 3.53. The van der Waals surface area contributed by atoms with Gasteiger partial charge in [-0.3, -0.25) is 4.79 Å². The molecule has 1 N–H and O–H groups in total. The van der Waals surface area contributed by atoms with E-state index in [2.05, 4.69) is 0 Å². The van der Waals surface area contributed by atoms with Crippen molar-refractivity contribution in [2.24, 2.45) is 0 Å². The number of aliphatic hydroxyl groups is 1. The van der Waals surface area contributed by atoms with Crippen molar-refractivity contribution in [1.29, 1.82) is 0 Å². The maximum absolute atomic E-state index is 11.7. The lowest BCUT2D eigenvalue weighted by molar-refractivity contribution is -0.129. The third-order valence-corrected chi connectivity index (χ3v) is 3.55. The second-order valence-electron chi connectivity index (χ2n) is 4.62. The number of hydrogen-bond acceptors (Lipinski definition) is 3. The summed E-state index contributed by atoms with van der Waals surface area (Å²) in [6.07, 6.45) is -0.536. The molecule has 2 rings (SSSR count). The minimum Gasteiger partial charge on any atom is -0.389 e. The number of amides is 1. The number of aliphatic hydroxyl groups excluding tert-OH is 1. The van der Waals surface area contributed by atoms with Crippen LogP contribution in [0.3, 0.4) is 0 Å². The van der Waals surface area contributed by atoms with Crippen molar-refractivity contribution in [1.82, 2.24) is 4.90 Å². The zero-order valence-corrected chi connectivity index (χ0v) is 11.3. The zero-order valence-electron chi connectivity index (χ0n) is 10.6. The van der Waals surface area contributed by atoms with Gasteiger partial charge < -0.3 is 14.9 Å². The fraction of sp³-hybridized carbons (Fsp3) is 0.462. The minimum absolute atomic E-state index is 0.0944. The average molecular weight is 269 g/mol. The van der Waals surface area contributed by atoms with Gasteiger partial charge in [-0.05, 0) is 24.6 Å². The van der Waals surface area contributed by atoms with E-state index in [1.807, 2.05) is 17.0 Å². The van der Waals surface area contributed by atoms with Crippen molar-refractivity contribution in [2.45, 2.75) is 13.0 Å². The maximum atomic E-state index is 11.7. The Morgan fingerprint density at radius 2 is 2.11 bits per heavy atom. The van der Waals surface area contributed by atoms with E-state index in [-0.39, 0.29) is 5.91 Å². The lowest BCUT2D eigenvalue weighted by Crippen LogP contribution is -2.48. The monoisotopic (exact) mass is 268 g/mol. The van der Waals surface area contributed by atoms with Crippen LogP contribution in [0.2, 0.25) is 5.02 Å². The first-order valence-electron chi connectivity index (χ1n) is 5.95. The Labute approximate surface area is 112 Å². The van der Waals surface area contributed by atoms with Gasteiger partial charge in [0.15, 0.2) is 0 Å². The third kappa shape index (κ3) is 2.60. The predicted molar refractivity (Wildman–Crippen MR) is 71.9 cm³/mol. The maximum Gasteiger partial charge on any atom is 0.241 e. The Kier molecular flexibility index (Phi) is 3.78. The molecule has 1 aliphatic heterocycles. The highest BCUT2D eigenvalue weighted by atomic mass is 35.5. The topological polar surface area (TPSA) is 43.8 Å². The highest BCUT2D eigenvalue weighted by Gasteiger charge is 2.22. The summed E-state index contributed by atoms with van der Waals surface area (Å²) < 4.78 is 0. The van der Waals surface area contributed by atoms with E-state index < -0.39 is 6.10 Å². The standard InChI is InChI=1S/C13H17ClN2O2/c1-9(17)10-3-4-12(11(14)7-10)16-6-5-15(2)13(18)8-16/h3-4,7,9,17H,5-6,8H2,1-2H3/t9-/m0/s1. The molecule has 0 radical (unpaired) electrons. The highest BCUT2D eigenvalue weighted by molar-refractivity contribution is 6.33.